The highest BCUT2D eigenvalue weighted by Gasteiger charge is 2.18. The SMILES string of the molecule is O=S(=O)(Nc1cccc(Cl)c1O)c1ccc(F)c(F)c1. The first-order chi connectivity index (χ1) is 9.31. The number of anilines is 1. The second kappa shape index (κ2) is 5.26. The largest absolute Gasteiger partial charge is 0.504 e. The van der Waals surface area contributed by atoms with E-state index in [1.54, 1.807) is 0 Å². The quantitative estimate of drug-likeness (QED) is 0.854. The molecule has 0 aliphatic carbocycles. The summed E-state index contributed by atoms with van der Waals surface area (Å²) in [5.41, 5.74) is -0.165. The first kappa shape index (κ1) is 14.5. The van der Waals surface area contributed by atoms with E-state index < -0.39 is 32.3 Å². The number of phenolic OH excluding ortho intramolecular Hbond substituents is 1. The second-order valence-corrected chi connectivity index (χ2v) is 5.91. The van der Waals surface area contributed by atoms with Crippen molar-refractivity contribution >= 4 is 27.3 Å². The minimum absolute atomic E-state index is 0.0458. The van der Waals surface area contributed by atoms with Crippen LogP contribution in [0.4, 0.5) is 14.5 Å². The molecule has 0 heterocycles. The fourth-order valence-electron chi connectivity index (χ4n) is 1.45. The number of rotatable bonds is 3. The van der Waals surface area contributed by atoms with E-state index in [0.717, 1.165) is 6.07 Å². The Morgan fingerprint density at radius 3 is 2.45 bits per heavy atom. The average Bonchev–Trinajstić information content (AvgIpc) is 2.38. The molecule has 0 atom stereocenters. The van der Waals surface area contributed by atoms with E-state index in [2.05, 4.69) is 0 Å². The van der Waals surface area contributed by atoms with E-state index in [0.29, 0.717) is 12.1 Å². The molecule has 0 bridgehead atoms. The number of aromatic hydroxyl groups is 1. The van der Waals surface area contributed by atoms with Gasteiger partial charge < -0.3 is 5.11 Å². The number of sulfonamides is 1. The van der Waals surface area contributed by atoms with Crippen molar-refractivity contribution in [2.45, 2.75) is 4.90 Å². The third kappa shape index (κ3) is 2.83. The molecular formula is C12H8ClF2NO3S. The average molecular weight is 320 g/mol. The van der Waals surface area contributed by atoms with Crippen LogP contribution < -0.4 is 4.72 Å². The molecule has 8 heteroatoms. The van der Waals surface area contributed by atoms with Gasteiger partial charge in [-0.3, -0.25) is 4.72 Å². The van der Waals surface area contributed by atoms with Gasteiger partial charge in [-0.05, 0) is 30.3 Å². The van der Waals surface area contributed by atoms with Gasteiger partial charge in [-0.1, -0.05) is 17.7 Å². The van der Waals surface area contributed by atoms with Crippen molar-refractivity contribution in [3.05, 3.63) is 53.1 Å². The molecule has 0 spiro atoms. The van der Waals surface area contributed by atoms with Gasteiger partial charge in [-0.2, -0.15) is 0 Å². The number of nitrogens with one attached hydrogen (secondary N) is 1. The minimum Gasteiger partial charge on any atom is -0.504 e. The Balaban J connectivity index is 2.41. The monoisotopic (exact) mass is 319 g/mol. The maximum atomic E-state index is 13.1. The molecule has 0 radical (unpaired) electrons. The Morgan fingerprint density at radius 2 is 1.80 bits per heavy atom. The highest BCUT2D eigenvalue weighted by Crippen LogP contribution is 2.32. The smallest absolute Gasteiger partial charge is 0.262 e. The van der Waals surface area contributed by atoms with Gasteiger partial charge in [0.1, 0.15) is 0 Å². The van der Waals surface area contributed by atoms with Gasteiger partial charge in [0.25, 0.3) is 10.0 Å². The van der Waals surface area contributed by atoms with Crippen LogP contribution >= 0.6 is 11.6 Å². The molecule has 2 aromatic rings. The number of hydrogen-bond acceptors (Lipinski definition) is 3. The highest BCUT2D eigenvalue weighted by atomic mass is 35.5. The molecular weight excluding hydrogens is 312 g/mol. The maximum Gasteiger partial charge on any atom is 0.262 e. The molecule has 2 rings (SSSR count). The van der Waals surface area contributed by atoms with Crippen molar-refractivity contribution in [3.63, 3.8) is 0 Å². The van der Waals surface area contributed by atoms with Gasteiger partial charge in [0.2, 0.25) is 0 Å². The lowest BCUT2D eigenvalue weighted by molar-refractivity contribution is 0.478. The maximum absolute atomic E-state index is 13.1. The molecule has 0 aliphatic heterocycles. The number of hydrogen-bond donors (Lipinski definition) is 2. The van der Waals surface area contributed by atoms with E-state index in [1.165, 1.54) is 18.2 Å². The molecule has 4 nitrogen and oxygen atoms in total. The molecule has 0 amide bonds. The fourth-order valence-corrected chi connectivity index (χ4v) is 2.70. The number of benzene rings is 2. The minimum atomic E-state index is -4.17. The van der Waals surface area contributed by atoms with Crippen LogP contribution in [-0.2, 0) is 10.0 Å². The molecule has 0 saturated heterocycles. The van der Waals surface area contributed by atoms with E-state index in [1.807, 2.05) is 4.72 Å². The van der Waals surface area contributed by atoms with Crippen LogP contribution in [0.5, 0.6) is 5.75 Å². The fraction of sp³-hybridized carbons (Fsp3) is 0. The summed E-state index contributed by atoms with van der Waals surface area (Å²) in [4.78, 5) is -0.476. The van der Waals surface area contributed by atoms with Crippen LogP contribution in [0.15, 0.2) is 41.3 Å². The zero-order valence-electron chi connectivity index (χ0n) is 9.77. The summed E-state index contributed by atoms with van der Waals surface area (Å²) in [6.45, 7) is 0. The summed E-state index contributed by atoms with van der Waals surface area (Å²) >= 11 is 5.64. The van der Waals surface area contributed by atoms with Gasteiger partial charge in [0, 0.05) is 0 Å². The van der Waals surface area contributed by atoms with Gasteiger partial charge in [0.15, 0.2) is 17.4 Å². The summed E-state index contributed by atoms with van der Waals surface area (Å²) in [6.07, 6.45) is 0. The predicted octanol–water partition coefficient (Wildman–Crippen LogP) is 3.12. The highest BCUT2D eigenvalue weighted by molar-refractivity contribution is 7.92. The molecule has 0 fully saturated rings. The normalized spacial score (nSPS) is 11.3. The van der Waals surface area contributed by atoms with Gasteiger partial charge in [0.05, 0.1) is 15.6 Å². The van der Waals surface area contributed by atoms with Crippen molar-refractivity contribution in [1.82, 2.24) is 0 Å². The van der Waals surface area contributed by atoms with Crippen LogP contribution in [-0.4, -0.2) is 13.5 Å². The molecule has 0 aliphatic rings. The van der Waals surface area contributed by atoms with Gasteiger partial charge in [-0.15, -0.1) is 0 Å². The topological polar surface area (TPSA) is 66.4 Å². The number of halogens is 3. The number of para-hydroxylation sites is 1. The van der Waals surface area contributed by atoms with Gasteiger partial charge >= 0.3 is 0 Å². The molecule has 2 aromatic carbocycles. The summed E-state index contributed by atoms with van der Waals surface area (Å²) < 4.78 is 51.8. The predicted molar refractivity (Wildman–Crippen MR) is 70.3 cm³/mol. The Kier molecular flexibility index (Phi) is 3.82. The molecule has 0 unspecified atom stereocenters. The Labute approximate surface area is 118 Å². The number of phenols is 1. The molecule has 20 heavy (non-hydrogen) atoms. The standard InChI is InChI=1S/C12H8ClF2NO3S/c13-8-2-1-3-11(12(8)17)16-20(18,19)7-4-5-9(14)10(15)6-7/h1-6,16-17H. The second-order valence-electron chi connectivity index (χ2n) is 3.82. The van der Waals surface area contributed by atoms with E-state index >= 15 is 0 Å². The summed E-state index contributed by atoms with van der Waals surface area (Å²) in [7, 11) is -4.17. The lowest BCUT2D eigenvalue weighted by atomic mass is 10.3. The van der Waals surface area contributed by atoms with Crippen molar-refractivity contribution in [1.29, 1.82) is 0 Å². The Bertz CT molecular complexity index is 765. The third-order valence-corrected chi connectivity index (χ3v) is 4.10. The third-order valence-electron chi connectivity index (χ3n) is 2.43. The first-order valence-electron chi connectivity index (χ1n) is 5.26. The van der Waals surface area contributed by atoms with Crippen LogP contribution in [0, 0.1) is 11.6 Å². The van der Waals surface area contributed by atoms with E-state index in [4.69, 9.17) is 11.6 Å². The van der Waals surface area contributed by atoms with Crippen LogP contribution in [0.3, 0.4) is 0 Å². The lowest BCUT2D eigenvalue weighted by Crippen LogP contribution is -2.13. The summed E-state index contributed by atoms with van der Waals surface area (Å²) in [5, 5.41) is 9.57. The van der Waals surface area contributed by atoms with Crippen LogP contribution in [0.1, 0.15) is 0 Å². The lowest BCUT2D eigenvalue weighted by Gasteiger charge is -2.10. The first-order valence-corrected chi connectivity index (χ1v) is 7.13. The Morgan fingerprint density at radius 1 is 1.10 bits per heavy atom. The zero-order valence-corrected chi connectivity index (χ0v) is 11.3. The summed E-state index contributed by atoms with van der Waals surface area (Å²) in [6, 6.07) is 6.21. The van der Waals surface area contributed by atoms with Crippen molar-refractivity contribution in [2.24, 2.45) is 0 Å². The van der Waals surface area contributed by atoms with Gasteiger partial charge in [-0.25, -0.2) is 17.2 Å². The summed E-state index contributed by atoms with van der Waals surface area (Å²) in [5.74, 6) is -2.90. The van der Waals surface area contributed by atoms with E-state index in [9.17, 15) is 22.3 Å². The van der Waals surface area contributed by atoms with Crippen LogP contribution in [0.2, 0.25) is 5.02 Å². The Hall–Kier alpha value is -1.86. The van der Waals surface area contributed by atoms with Crippen molar-refractivity contribution in [2.75, 3.05) is 4.72 Å². The zero-order chi connectivity index (χ0) is 14.9. The molecule has 106 valence electrons. The van der Waals surface area contributed by atoms with E-state index in [-0.39, 0.29) is 10.7 Å². The van der Waals surface area contributed by atoms with Crippen LogP contribution in [0.25, 0.3) is 0 Å². The molecule has 0 aromatic heterocycles. The molecule has 2 N–H and O–H groups in total. The molecule has 0 saturated carbocycles. The van der Waals surface area contributed by atoms with Crippen molar-refractivity contribution in [3.8, 4) is 5.75 Å². The van der Waals surface area contributed by atoms with Crippen molar-refractivity contribution < 1.29 is 22.3 Å².